The molecule has 6 amide bonds. The van der Waals surface area contributed by atoms with Crippen LogP contribution in [-0.2, 0) is 25.0 Å². The molecule has 13 nitrogen and oxygen atoms in total. The van der Waals surface area contributed by atoms with E-state index < -0.39 is 11.6 Å². The van der Waals surface area contributed by atoms with E-state index >= 15 is 0 Å². The van der Waals surface area contributed by atoms with Crippen LogP contribution >= 0.6 is 11.6 Å². The van der Waals surface area contributed by atoms with E-state index in [1.807, 2.05) is 95.9 Å². The third-order valence-electron chi connectivity index (χ3n) is 18.2. The molecule has 494 valence electrons. The van der Waals surface area contributed by atoms with Crippen molar-refractivity contribution in [1.29, 1.82) is 5.26 Å². The first kappa shape index (κ1) is 72.1. The van der Waals surface area contributed by atoms with Gasteiger partial charge in [-0.3, -0.25) is 0 Å². The number of benzene rings is 6. The summed E-state index contributed by atoms with van der Waals surface area (Å²) < 4.78 is 27.0. The van der Waals surface area contributed by atoms with E-state index in [1.165, 1.54) is 49.7 Å². The fourth-order valence-electron chi connectivity index (χ4n) is 12.7. The number of nitrogens with one attached hydrogen (secondary N) is 3. The van der Waals surface area contributed by atoms with Crippen LogP contribution in [0.2, 0.25) is 5.02 Å². The molecule has 2 unspecified atom stereocenters. The maximum Gasteiger partial charge on any atom is 0.322 e. The molecule has 92 heavy (non-hydrogen) atoms. The third kappa shape index (κ3) is 22.7. The van der Waals surface area contributed by atoms with Crippen molar-refractivity contribution in [3.8, 4) is 6.07 Å². The number of urea groups is 3. The highest BCUT2D eigenvalue weighted by Gasteiger charge is 2.33. The SMILES string of the molecule is CCCC(C)N1CCC(N(Cc2ccccc2)C(=O)Nc2ccc(Cl)cc2C#N)CC1.CCCC(C)N1CCC(N(Cc2ccccc2)C(=O)Nc2cccc(C(C)(C)C)c2)CC1.CCCCN1CCC(N(Cc2ccccc2)C(=O)Nc2cc(F)cc(F)c2)CC1. The number of amides is 6. The monoisotopic (exact) mass is 1270 g/mol. The van der Waals surface area contributed by atoms with Crippen LogP contribution in [-0.4, -0.2) is 124 Å². The molecule has 2 atom stereocenters. The van der Waals surface area contributed by atoms with Crippen LogP contribution in [0.15, 0.2) is 152 Å². The van der Waals surface area contributed by atoms with Crippen LogP contribution in [0.3, 0.4) is 0 Å². The molecule has 6 aromatic rings. The summed E-state index contributed by atoms with van der Waals surface area (Å²) in [5.41, 5.74) is 6.42. The first-order valence-electron chi connectivity index (χ1n) is 33.7. The van der Waals surface area contributed by atoms with Gasteiger partial charge in [0.05, 0.1) is 11.3 Å². The lowest BCUT2D eigenvalue weighted by Crippen LogP contribution is -2.50. The number of likely N-dealkylation sites (tertiary alicyclic amines) is 3. The molecule has 6 aromatic carbocycles. The number of nitriles is 1. The van der Waals surface area contributed by atoms with Gasteiger partial charge in [0, 0.05) is 112 Å². The molecule has 0 bridgehead atoms. The summed E-state index contributed by atoms with van der Waals surface area (Å²) >= 11 is 6.01. The van der Waals surface area contributed by atoms with Crippen LogP contribution in [0.5, 0.6) is 0 Å². The number of carbonyl (C=O) groups is 3. The molecule has 3 heterocycles. The number of piperidine rings is 3. The van der Waals surface area contributed by atoms with Gasteiger partial charge in [-0.2, -0.15) is 5.26 Å². The molecule has 0 aromatic heterocycles. The minimum atomic E-state index is -0.709. The van der Waals surface area contributed by atoms with Gasteiger partial charge < -0.3 is 45.3 Å². The van der Waals surface area contributed by atoms with Crippen molar-refractivity contribution >= 4 is 46.8 Å². The number of anilines is 3. The normalized spacial score (nSPS) is 15.9. The van der Waals surface area contributed by atoms with E-state index in [4.69, 9.17) is 11.6 Å². The van der Waals surface area contributed by atoms with Crippen molar-refractivity contribution in [3.05, 3.63) is 196 Å². The number of hydrogen-bond acceptors (Lipinski definition) is 7. The highest BCUT2D eigenvalue weighted by molar-refractivity contribution is 6.30. The van der Waals surface area contributed by atoms with Crippen molar-refractivity contribution in [2.75, 3.05) is 61.8 Å². The molecule has 9 rings (SSSR count). The largest absolute Gasteiger partial charge is 0.322 e. The number of halogens is 3. The summed E-state index contributed by atoms with van der Waals surface area (Å²) in [6, 6.07) is 49.8. The van der Waals surface area contributed by atoms with Crippen molar-refractivity contribution < 1.29 is 23.2 Å². The van der Waals surface area contributed by atoms with Crippen LogP contribution in [0.1, 0.15) is 160 Å². The number of nitrogens with zero attached hydrogens (tertiary/aromatic N) is 7. The fourth-order valence-corrected chi connectivity index (χ4v) is 12.9. The molecule has 3 aliphatic heterocycles. The van der Waals surface area contributed by atoms with Crippen LogP contribution in [0, 0.1) is 23.0 Å². The molecule has 0 radical (unpaired) electrons. The molecule has 0 aliphatic carbocycles. The van der Waals surface area contributed by atoms with E-state index in [-0.39, 0.29) is 47.3 Å². The molecule has 3 fully saturated rings. The minimum Gasteiger partial charge on any atom is -0.317 e. The summed E-state index contributed by atoms with van der Waals surface area (Å²) in [6.07, 6.45) is 12.9. The fraction of sp³-hybridized carbons (Fsp3) is 0.474. The van der Waals surface area contributed by atoms with E-state index in [0.717, 1.165) is 119 Å². The van der Waals surface area contributed by atoms with E-state index in [2.05, 4.69) is 121 Å². The Morgan fingerprint density at radius 3 is 1.38 bits per heavy atom. The Balaban J connectivity index is 0.000000196. The standard InChI is InChI=1S/C28H41N3O.C25H31ClN4O.C23H29F2N3O/c1-6-11-22(2)30-18-16-26(17-19-30)31(21-23-12-8-7-9-13-23)27(32)29-25-15-10-14-24(20-25)28(3,4)5;1-3-7-19(2)29-14-12-23(13-15-29)30(18-20-8-5-4-6-9-20)25(31)28-24-11-10-22(26)16-21(24)17-27;1-2-3-11-27-12-9-22(10-13-27)28(17-18-7-5-4-6-8-18)23(29)26-21-15-19(24)14-20(25)16-21/h7-10,12-15,20,22,26H,6,11,16-19,21H2,1-5H3,(H,29,32);4-6,8-11,16,19,23H,3,7,12-15,18H2,1-2H3,(H,28,31);4-8,14-16,22H,2-3,9-13,17H2,1H3,(H,26,29). The molecular weight excluding hydrogens is 1170 g/mol. The average molecular weight is 1280 g/mol. The Morgan fingerprint density at radius 2 is 0.967 bits per heavy atom. The van der Waals surface area contributed by atoms with Crippen molar-refractivity contribution in [1.82, 2.24) is 29.4 Å². The first-order chi connectivity index (χ1) is 44.3. The topological polar surface area (TPSA) is 131 Å². The van der Waals surface area contributed by atoms with Crippen molar-refractivity contribution in [3.63, 3.8) is 0 Å². The first-order valence-corrected chi connectivity index (χ1v) is 34.0. The molecule has 3 aliphatic rings. The van der Waals surface area contributed by atoms with Crippen molar-refractivity contribution in [2.24, 2.45) is 0 Å². The second-order valence-electron chi connectivity index (χ2n) is 26.2. The number of carbonyl (C=O) groups excluding carboxylic acids is 3. The van der Waals surface area contributed by atoms with Gasteiger partial charge in [0.2, 0.25) is 0 Å². The summed E-state index contributed by atoms with van der Waals surface area (Å²) in [7, 11) is 0. The van der Waals surface area contributed by atoms with Gasteiger partial charge in [0.1, 0.15) is 17.7 Å². The second kappa shape index (κ2) is 36.8. The van der Waals surface area contributed by atoms with E-state index in [9.17, 15) is 28.4 Å². The Bertz CT molecular complexity index is 3210. The molecule has 16 heteroatoms. The van der Waals surface area contributed by atoms with Gasteiger partial charge in [-0.05, 0) is 148 Å². The number of hydrogen-bond donors (Lipinski definition) is 3. The minimum absolute atomic E-state index is 0.0000288. The summed E-state index contributed by atoms with van der Waals surface area (Å²) in [6.45, 7) is 26.6. The predicted molar refractivity (Wildman–Crippen MR) is 373 cm³/mol. The number of rotatable bonds is 21. The third-order valence-corrected chi connectivity index (χ3v) is 18.4. The van der Waals surface area contributed by atoms with E-state index in [0.29, 0.717) is 48.0 Å². The van der Waals surface area contributed by atoms with Gasteiger partial charge in [-0.15, -0.1) is 0 Å². The maximum atomic E-state index is 13.5. The lowest BCUT2D eigenvalue weighted by molar-refractivity contribution is 0.0987. The summed E-state index contributed by atoms with van der Waals surface area (Å²) in [5.74, 6) is -1.42. The molecule has 0 saturated carbocycles. The molecular formula is C76H101ClF2N10O3. The quantitative estimate of drug-likeness (QED) is 0.0654. The Hall–Kier alpha value is -7.35. The lowest BCUT2D eigenvalue weighted by Gasteiger charge is -2.40. The zero-order chi connectivity index (χ0) is 66.0. The molecule has 3 N–H and O–H groups in total. The van der Waals surface area contributed by atoms with Gasteiger partial charge in [-0.1, -0.05) is 176 Å². The predicted octanol–water partition coefficient (Wildman–Crippen LogP) is 17.8. The highest BCUT2D eigenvalue weighted by atomic mass is 35.5. The molecule has 3 saturated heterocycles. The van der Waals surface area contributed by atoms with Crippen LogP contribution in [0.4, 0.5) is 40.2 Å². The maximum absolute atomic E-state index is 13.5. The summed E-state index contributed by atoms with van der Waals surface area (Å²) in [5, 5.41) is 18.7. The van der Waals surface area contributed by atoms with Crippen molar-refractivity contribution in [2.45, 2.75) is 188 Å². The number of unbranched alkanes of at least 4 members (excludes halogenated alkanes) is 1. The Morgan fingerprint density at radius 1 is 0.543 bits per heavy atom. The van der Waals surface area contributed by atoms with Gasteiger partial charge in [0.25, 0.3) is 0 Å². The highest BCUT2D eigenvalue weighted by Crippen LogP contribution is 2.29. The van der Waals surface area contributed by atoms with Crippen LogP contribution in [0.25, 0.3) is 0 Å². The smallest absolute Gasteiger partial charge is 0.317 e. The average Bonchev–Trinajstić information content (AvgIpc) is 0.918. The Labute approximate surface area is 553 Å². The zero-order valence-corrected chi connectivity index (χ0v) is 56.6. The lowest BCUT2D eigenvalue weighted by atomic mass is 9.87. The molecule has 0 spiro atoms. The van der Waals surface area contributed by atoms with Gasteiger partial charge >= 0.3 is 18.1 Å². The Kier molecular flexibility index (Phi) is 28.8. The van der Waals surface area contributed by atoms with Crippen LogP contribution < -0.4 is 16.0 Å². The second-order valence-corrected chi connectivity index (χ2v) is 26.6. The zero-order valence-electron chi connectivity index (χ0n) is 55.9. The van der Waals surface area contributed by atoms with Gasteiger partial charge in [-0.25, -0.2) is 23.2 Å². The van der Waals surface area contributed by atoms with Gasteiger partial charge in [0.15, 0.2) is 0 Å². The van der Waals surface area contributed by atoms with E-state index in [1.54, 1.807) is 23.1 Å². The summed E-state index contributed by atoms with van der Waals surface area (Å²) in [4.78, 5) is 53.2.